The first kappa shape index (κ1) is 53.7. The number of unbranched alkanes of at least 4 members (excludes halogenated alkanes) is 24. The lowest BCUT2D eigenvalue weighted by molar-refractivity contribution is -0.870. The van der Waals surface area contributed by atoms with Gasteiger partial charge < -0.3 is 19.8 Å². The molecule has 0 aliphatic heterocycles. The largest absolute Gasteiger partial charge is 0.472 e. The lowest BCUT2D eigenvalue weighted by atomic mass is 10.0. The SMILES string of the molecule is CCCC/C=C\CCCCCCC(=O)NC(COP(=O)(O)OCC[N+](C)(C)C)C(O)/C=C/CC/C=C/CCCCCCCCCCCCCCCCCCC. The number of nitrogens with one attached hydrogen (secondary N) is 1. The van der Waals surface area contributed by atoms with E-state index in [1.165, 1.54) is 122 Å². The molecule has 0 aromatic carbocycles. The van der Waals surface area contributed by atoms with Crippen LogP contribution in [0.1, 0.15) is 200 Å². The van der Waals surface area contributed by atoms with Crippen molar-refractivity contribution in [3.8, 4) is 0 Å². The van der Waals surface area contributed by atoms with Gasteiger partial charge >= 0.3 is 7.82 Å². The molecule has 0 bridgehead atoms. The number of amides is 1. The van der Waals surface area contributed by atoms with Crippen molar-refractivity contribution in [1.82, 2.24) is 5.32 Å². The monoisotopic (exact) mass is 798 g/mol. The number of phosphoric ester groups is 1. The third-order valence-corrected chi connectivity index (χ3v) is 11.1. The molecule has 0 saturated carbocycles. The fourth-order valence-corrected chi connectivity index (χ4v) is 7.13. The second-order valence-corrected chi connectivity index (χ2v) is 18.2. The molecule has 55 heavy (non-hydrogen) atoms. The van der Waals surface area contributed by atoms with E-state index in [0.717, 1.165) is 57.8 Å². The molecule has 324 valence electrons. The molecule has 3 N–H and O–H groups in total. The minimum absolute atomic E-state index is 0.0539. The van der Waals surface area contributed by atoms with Crippen molar-refractivity contribution >= 4 is 13.7 Å². The molecule has 9 heteroatoms. The van der Waals surface area contributed by atoms with Crippen LogP contribution < -0.4 is 5.32 Å². The topological polar surface area (TPSA) is 105 Å². The summed E-state index contributed by atoms with van der Waals surface area (Å²) in [6.07, 6.45) is 46.6. The maximum absolute atomic E-state index is 12.8. The van der Waals surface area contributed by atoms with Gasteiger partial charge in [0.15, 0.2) is 0 Å². The number of carbonyl (C=O) groups excluding carboxylic acids is 1. The van der Waals surface area contributed by atoms with Crippen LogP contribution in [0.25, 0.3) is 0 Å². The van der Waals surface area contributed by atoms with E-state index in [0.29, 0.717) is 17.4 Å². The normalized spacial score (nSPS) is 14.7. The van der Waals surface area contributed by atoms with Gasteiger partial charge in [-0.3, -0.25) is 13.8 Å². The molecular weight excluding hydrogens is 707 g/mol. The van der Waals surface area contributed by atoms with E-state index in [9.17, 15) is 19.4 Å². The number of quaternary nitrogens is 1. The van der Waals surface area contributed by atoms with Crippen molar-refractivity contribution in [2.24, 2.45) is 0 Å². The van der Waals surface area contributed by atoms with Crippen LogP contribution in [0.2, 0.25) is 0 Å². The number of aliphatic hydroxyl groups is 1. The quantitative estimate of drug-likeness (QED) is 0.0246. The van der Waals surface area contributed by atoms with E-state index in [2.05, 4.69) is 43.5 Å². The zero-order valence-corrected chi connectivity index (χ0v) is 37.6. The summed E-state index contributed by atoms with van der Waals surface area (Å²) >= 11 is 0. The van der Waals surface area contributed by atoms with Crippen molar-refractivity contribution in [2.45, 2.75) is 212 Å². The van der Waals surface area contributed by atoms with E-state index >= 15 is 0 Å². The summed E-state index contributed by atoms with van der Waals surface area (Å²) in [7, 11) is 1.55. The summed E-state index contributed by atoms with van der Waals surface area (Å²) in [5.41, 5.74) is 0. The second-order valence-electron chi connectivity index (χ2n) is 16.8. The Morgan fingerprint density at radius 2 is 1.02 bits per heavy atom. The molecule has 8 nitrogen and oxygen atoms in total. The molecule has 0 aliphatic carbocycles. The number of phosphoric acid groups is 1. The Balaban J connectivity index is 4.34. The smallest absolute Gasteiger partial charge is 0.387 e. The number of rotatable bonds is 41. The van der Waals surface area contributed by atoms with E-state index in [4.69, 9.17) is 9.05 Å². The summed E-state index contributed by atoms with van der Waals surface area (Å²) in [6, 6.07) is -0.866. The first-order valence-electron chi connectivity index (χ1n) is 22.9. The summed E-state index contributed by atoms with van der Waals surface area (Å²) < 4.78 is 23.5. The van der Waals surface area contributed by atoms with Gasteiger partial charge in [-0.25, -0.2) is 4.57 Å². The lowest BCUT2D eigenvalue weighted by Crippen LogP contribution is -2.45. The molecule has 0 aromatic heterocycles. The highest BCUT2D eigenvalue weighted by Gasteiger charge is 2.27. The zero-order chi connectivity index (χ0) is 40.7. The highest BCUT2D eigenvalue weighted by Crippen LogP contribution is 2.43. The maximum Gasteiger partial charge on any atom is 0.472 e. The van der Waals surface area contributed by atoms with Gasteiger partial charge in [0.25, 0.3) is 0 Å². The van der Waals surface area contributed by atoms with Crippen molar-refractivity contribution in [3.05, 3.63) is 36.5 Å². The Kier molecular flexibility index (Phi) is 37.4. The molecule has 0 heterocycles. The molecule has 0 fully saturated rings. The Labute approximate surface area is 340 Å². The average molecular weight is 798 g/mol. The zero-order valence-electron chi connectivity index (χ0n) is 36.7. The fraction of sp³-hybridized carbons (Fsp3) is 0.848. The summed E-state index contributed by atoms with van der Waals surface area (Å²) in [5.74, 6) is -0.202. The van der Waals surface area contributed by atoms with Gasteiger partial charge in [-0.15, -0.1) is 0 Å². The molecule has 0 aliphatic rings. The van der Waals surface area contributed by atoms with E-state index < -0.39 is 20.0 Å². The Morgan fingerprint density at radius 3 is 1.51 bits per heavy atom. The van der Waals surface area contributed by atoms with Gasteiger partial charge in [0.2, 0.25) is 5.91 Å². The van der Waals surface area contributed by atoms with Gasteiger partial charge in [-0.05, 0) is 51.4 Å². The number of allylic oxidation sites excluding steroid dienone is 5. The van der Waals surface area contributed by atoms with Crippen LogP contribution in [0.15, 0.2) is 36.5 Å². The number of aliphatic hydroxyl groups excluding tert-OH is 1. The van der Waals surface area contributed by atoms with Crippen LogP contribution in [-0.4, -0.2) is 73.4 Å². The van der Waals surface area contributed by atoms with Crippen LogP contribution in [0.4, 0.5) is 0 Å². The Morgan fingerprint density at radius 1 is 0.600 bits per heavy atom. The number of hydrogen-bond donors (Lipinski definition) is 3. The minimum atomic E-state index is -4.34. The fourth-order valence-electron chi connectivity index (χ4n) is 6.39. The molecule has 0 aromatic rings. The third-order valence-electron chi connectivity index (χ3n) is 10.1. The van der Waals surface area contributed by atoms with Crippen LogP contribution in [0, 0.1) is 0 Å². The Hall–Kier alpha value is -1.28. The average Bonchev–Trinajstić information content (AvgIpc) is 3.13. The predicted molar refractivity (Wildman–Crippen MR) is 235 cm³/mol. The highest BCUT2D eigenvalue weighted by atomic mass is 31.2. The van der Waals surface area contributed by atoms with Gasteiger partial charge in [0.05, 0.1) is 39.9 Å². The minimum Gasteiger partial charge on any atom is -0.387 e. The maximum atomic E-state index is 12.8. The van der Waals surface area contributed by atoms with Crippen molar-refractivity contribution in [3.63, 3.8) is 0 Å². The third kappa shape index (κ3) is 40.7. The van der Waals surface area contributed by atoms with Crippen LogP contribution in [0.5, 0.6) is 0 Å². The predicted octanol–water partition coefficient (Wildman–Crippen LogP) is 12.7. The lowest BCUT2D eigenvalue weighted by Gasteiger charge is -2.25. The van der Waals surface area contributed by atoms with E-state index in [1.54, 1.807) is 6.08 Å². The number of carbonyl (C=O) groups is 1. The number of nitrogens with zero attached hydrogens (tertiary/aromatic N) is 1. The van der Waals surface area contributed by atoms with Crippen LogP contribution in [-0.2, 0) is 18.4 Å². The standard InChI is InChI=1S/C46H89N2O6P/c1-6-8-10-12-14-16-18-19-20-21-22-23-24-25-26-27-28-29-30-31-33-35-37-39-45(49)44(43-54-55(51,52)53-42-41-48(3,4)5)47-46(50)40-38-36-34-32-17-15-13-11-9-7-2/h13,15,30-31,37,39,44-45,49H,6-12,14,16-29,32-36,38,40-43H2,1-5H3,(H-,47,50,51,52)/p+1/b15-13-,31-30+,39-37+. The van der Waals surface area contributed by atoms with Crippen molar-refractivity contribution < 1.29 is 32.9 Å². The Bertz CT molecular complexity index is 995. The van der Waals surface area contributed by atoms with Gasteiger partial charge in [0.1, 0.15) is 13.2 Å². The first-order valence-corrected chi connectivity index (χ1v) is 24.4. The van der Waals surface area contributed by atoms with Gasteiger partial charge in [-0.2, -0.15) is 0 Å². The molecule has 0 radical (unpaired) electrons. The van der Waals surface area contributed by atoms with Crippen LogP contribution >= 0.6 is 7.82 Å². The van der Waals surface area contributed by atoms with E-state index in [1.807, 2.05) is 27.2 Å². The summed E-state index contributed by atoms with van der Waals surface area (Å²) in [6.45, 7) is 4.74. The first-order chi connectivity index (χ1) is 26.5. The number of hydrogen-bond acceptors (Lipinski definition) is 5. The highest BCUT2D eigenvalue weighted by molar-refractivity contribution is 7.47. The summed E-state index contributed by atoms with van der Waals surface area (Å²) in [5, 5.41) is 13.8. The van der Waals surface area contributed by atoms with Crippen molar-refractivity contribution in [1.29, 1.82) is 0 Å². The second kappa shape index (κ2) is 38.2. The van der Waals surface area contributed by atoms with Gasteiger partial charge in [0, 0.05) is 6.42 Å². The molecule has 0 spiro atoms. The number of likely N-dealkylation sites (N-methyl/N-ethyl adjacent to an activating group) is 1. The van der Waals surface area contributed by atoms with E-state index in [-0.39, 0.29) is 19.1 Å². The van der Waals surface area contributed by atoms with Gasteiger partial charge in [-0.1, -0.05) is 179 Å². The molecular formula is C46H90N2O6P+. The molecule has 3 atom stereocenters. The van der Waals surface area contributed by atoms with Crippen LogP contribution in [0.3, 0.4) is 0 Å². The molecule has 3 unspecified atom stereocenters. The van der Waals surface area contributed by atoms with Crippen molar-refractivity contribution in [2.75, 3.05) is 40.9 Å². The summed E-state index contributed by atoms with van der Waals surface area (Å²) in [4.78, 5) is 23.0. The molecule has 1 amide bonds. The molecule has 0 saturated heterocycles. The molecule has 0 rings (SSSR count).